The van der Waals surface area contributed by atoms with Gasteiger partial charge in [-0.2, -0.15) is 11.8 Å². The van der Waals surface area contributed by atoms with Crippen LogP contribution in [-0.2, 0) is 9.59 Å². The van der Waals surface area contributed by atoms with Crippen molar-refractivity contribution >= 4 is 36.0 Å². The molecule has 23 heavy (non-hydrogen) atoms. The summed E-state index contributed by atoms with van der Waals surface area (Å²) in [7, 11) is 0. The number of piperidine rings is 1. The van der Waals surface area contributed by atoms with Crippen LogP contribution in [-0.4, -0.2) is 60.9 Å². The molecule has 2 saturated heterocycles. The van der Waals surface area contributed by atoms with E-state index in [1.165, 1.54) is 0 Å². The van der Waals surface area contributed by atoms with E-state index in [9.17, 15) is 9.59 Å². The zero-order valence-corrected chi connectivity index (χ0v) is 15.8. The molecule has 2 N–H and O–H groups in total. The number of nitrogens with one attached hydrogen (secondary N) is 2. The van der Waals surface area contributed by atoms with Gasteiger partial charge in [0.25, 0.3) is 0 Å². The molecule has 0 radical (unpaired) electrons. The Kier molecular flexibility index (Phi) is 9.32. The number of likely N-dealkylation sites (tertiary alicyclic amines) is 1. The topological polar surface area (TPSA) is 61.4 Å². The fourth-order valence-corrected chi connectivity index (χ4v) is 3.98. The largest absolute Gasteiger partial charge is 0.354 e. The van der Waals surface area contributed by atoms with Crippen molar-refractivity contribution in [3.05, 3.63) is 0 Å². The van der Waals surface area contributed by atoms with Gasteiger partial charge < -0.3 is 15.5 Å². The number of thioether (sulfide) groups is 1. The zero-order valence-electron chi connectivity index (χ0n) is 14.2. The summed E-state index contributed by atoms with van der Waals surface area (Å²) in [6, 6.07) is -0.0112. The van der Waals surface area contributed by atoms with Crippen LogP contribution in [0.15, 0.2) is 0 Å². The van der Waals surface area contributed by atoms with Crippen molar-refractivity contribution in [3.8, 4) is 0 Å². The molecule has 0 aromatic rings. The van der Waals surface area contributed by atoms with E-state index in [1.807, 2.05) is 18.1 Å². The first-order valence-corrected chi connectivity index (χ1v) is 9.80. The summed E-state index contributed by atoms with van der Waals surface area (Å²) in [6.45, 7) is 5.30. The quantitative estimate of drug-likeness (QED) is 0.751. The Balaban J connectivity index is 0.00000264. The van der Waals surface area contributed by atoms with Gasteiger partial charge in [0.15, 0.2) is 0 Å². The van der Waals surface area contributed by atoms with E-state index in [1.54, 1.807) is 11.8 Å². The summed E-state index contributed by atoms with van der Waals surface area (Å²) in [4.78, 5) is 26.4. The van der Waals surface area contributed by atoms with Crippen molar-refractivity contribution in [1.82, 2.24) is 15.5 Å². The Hall–Kier alpha value is -0.460. The van der Waals surface area contributed by atoms with Gasteiger partial charge in [0, 0.05) is 31.3 Å². The summed E-state index contributed by atoms with van der Waals surface area (Å²) < 4.78 is 0. The van der Waals surface area contributed by atoms with Crippen molar-refractivity contribution in [3.63, 3.8) is 0 Å². The second kappa shape index (κ2) is 10.4. The van der Waals surface area contributed by atoms with Crippen LogP contribution in [0.25, 0.3) is 0 Å². The molecule has 0 bridgehead atoms. The van der Waals surface area contributed by atoms with Crippen molar-refractivity contribution in [2.24, 2.45) is 11.8 Å². The van der Waals surface area contributed by atoms with E-state index in [0.29, 0.717) is 12.5 Å². The molecule has 0 aromatic carbocycles. The first-order chi connectivity index (χ1) is 10.6. The number of halogens is 1. The van der Waals surface area contributed by atoms with Gasteiger partial charge >= 0.3 is 0 Å². The van der Waals surface area contributed by atoms with E-state index in [0.717, 1.165) is 51.1 Å². The van der Waals surface area contributed by atoms with Crippen molar-refractivity contribution in [2.75, 3.05) is 38.2 Å². The SMILES string of the molecule is CSCC(C)C(=O)N1CCCC(CNC(=O)C2CCCN2)C1.Cl. The van der Waals surface area contributed by atoms with Gasteiger partial charge in [-0.05, 0) is 44.4 Å². The number of hydrogen-bond acceptors (Lipinski definition) is 4. The average Bonchev–Trinajstić information content (AvgIpc) is 3.07. The van der Waals surface area contributed by atoms with E-state index in [4.69, 9.17) is 0 Å². The highest BCUT2D eigenvalue weighted by atomic mass is 35.5. The maximum absolute atomic E-state index is 12.4. The monoisotopic (exact) mass is 363 g/mol. The molecule has 2 aliphatic heterocycles. The predicted octanol–water partition coefficient (Wildman–Crippen LogP) is 1.51. The van der Waals surface area contributed by atoms with Gasteiger partial charge in [0.1, 0.15) is 0 Å². The van der Waals surface area contributed by atoms with Crippen molar-refractivity contribution in [2.45, 2.75) is 38.6 Å². The van der Waals surface area contributed by atoms with E-state index < -0.39 is 0 Å². The van der Waals surface area contributed by atoms with Crippen LogP contribution < -0.4 is 10.6 Å². The third kappa shape index (κ3) is 6.16. The smallest absolute Gasteiger partial charge is 0.237 e. The number of carbonyl (C=O) groups is 2. The Morgan fingerprint density at radius 3 is 2.78 bits per heavy atom. The molecule has 0 saturated carbocycles. The fraction of sp³-hybridized carbons (Fsp3) is 0.875. The molecule has 2 aliphatic rings. The Morgan fingerprint density at radius 1 is 1.35 bits per heavy atom. The molecule has 0 aliphatic carbocycles. The van der Waals surface area contributed by atoms with Gasteiger partial charge in [0.2, 0.25) is 11.8 Å². The van der Waals surface area contributed by atoms with E-state index in [2.05, 4.69) is 10.6 Å². The lowest BCUT2D eigenvalue weighted by Gasteiger charge is -2.34. The van der Waals surface area contributed by atoms with Crippen LogP contribution in [0.2, 0.25) is 0 Å². The summed E-state index contributed by atoms with van der Waals surface area (Å²) in [6.07, 6.45) is 6.19. The maximum atomic E-state index is 12.4. The van der Waals surface area contributed by atoms with Crippen LogP contribution in [0.3, 0.4) is 0 Å². The summed E-state index contributed by atoms with van der Waals surface area (Å²) in [5, 5.41) is 6.29. The molecule has 2 fully saturated rings. The Labute approximate surface area is 150 Å². The molecule has 7 heteroatoms. The number of rotatable bonds is 6. The summed E-state index contributed by atoms with van der Waals surface area (Å²) >= 11 is 1.72. The standard InChI is InChI=1S/C16H29N3O2S.ClH/c1-12(11-22-2)16(21)19-8-4-5-13(10-19)9-18-15(20)14-6-3-7-17-14;/h12-14,17H,3-11H2,1-2H3,(H,18,20);1H. The maximum Gasteiger partial charge on any atom is 0.237 e. The number of amides is 2. The lowest BCUT2D eigenvalue weighted by molar-refractivity contribution is -0.136. The lowest BCUT2D eigenvalue weighted by Crippen LogP contribution is -2.47. The number of nitrogens with zero attached hydrogens (tertiary/aromatic N) is 1. The zero-order chi connectivity index (χ0) is 15.9. The molecule has 2 heterocycles. The number of hydrogen-bond donors (Lipinski definition) is 2. The second-order valence-electron chi connectivity index (χ2n) is 6.54. The third-order valence-corrected chi connectivity index (χ3v) is 5.44. The van der Waals surface area contributed by atoms with E-state index in [-0.39, 0.29) is 36.2 Å². The van der Waals surface area contributed by atoms with Gasteiger partial charge in [-0.15, -0.1) is 12.4 Å². The Bertz CT molecular complexity index is 392. The normalized spacial score (nSPS) is 25.6. The van der Waals surface area contributed by atoms with Crippen LogP contribution >= 0.6 is 24.2 Å². The van der Waals surface area contributed by atoms with Crippen LogP contribution in [0.1, 0.15) is 32.6 Å². The molecule has 3 unspecified atom stereocenters. The average molecular weight is 364 g/mol. The third-order valence-electron chi connectivity index (χ3n) is 4.61. The fourth-order valence-electron chi connectivity index (χ4n) is 3.34. The highest BCUT2D eigenvalue weighted by Gasteiger charge is 2.28. The molecule has 2 amide bonds. The van der Waals surface area contributed by atoms with Crippen LogP contribution in [0, 0.1) is 11.8 Å². The van der Waals surface area contributed by atoms with Gasteiger partial charge in [-0.3, -0.25) is 9.59 Å². The Morgan fingerprint density at radius 2 is 2.13 bits per heavy atom. The summed E-state index contributed by atoms with van der Waals surface area (Å²) in [5.74, 6) is 1.75. The summed E-state index contributed by atoms with van der Waals surface area (Å²) in [5.41, 5.74) is 0. The van der Waals surface area contributed by atoms with Crippen LogP contribution in [0.4, 0.5) is 0 Å². The minimum absolute atomic E-state index is 0. The molecule has 2 rings (SSSR count). The minimum Gasteiger partial charge on any atom is -0.354 e. The van der Waals surface area contributed by atoms with Gasteiger partial charge in [-0.25, -0.2) is 0 Å². The van der Waals surface area contributed by atoms with E-state index >= 15 is 0 Å². The molecular weight excluding hydrogens is 334 g/mol. The molecule has 0 aromatic heterocycles. The van der Waals surface area contributed by atoms with Crippen molar-refractivity contribution < 1.29 is 9.59 Å². The molecule has 5 nitrogen and oxygen atoms in total. The molecular formula is C16H30ClN3O2S. The minimum atomic E-state index is -0.0112. The molecule has 134 valence electrons. The molecule has 0 spiro atoms. The first kappa shape index (κ1) is 20.6. The lowest BCUT2D eigenvalue weighted by atomic mass is 9.96. The predicted molar refractivity (Wildman–Crippen MR) is 98.1 cm³/mol. The number of carbonyl (C=O) groups excluding carboxylic acids is 2. The highest BCUT2D eigenvalue weighted by Crippen LogP contribution is 2.19. The second-order valence-corrected chi connectivity index (χ2v) is 7.45. The van der Waals surface area contributed by atoms with Crippen LogP contribution in [0.5, 0.6) is 0 Å². The van der Waals surface area contributed by atoms with Gasteiger partial charge in [0.05, 0.1) is 6.04 Å². The highest BCUT2D eigenvalue weighted by molar-refractivity contribution is 7.98. The molecule has 3 atom stereocenters. The van der Waals surface area contributed by atoms with Crippen molar-refractivity contribution in [1.29, 1.82) is 0 Å². The first-order valence-electron chi connectivity index (χ1n) is 8.40. The van der Waals surface area contributed by atoms with Gasteiger partial charge in [-0.1, -0.05) is 6.92 Å².